The fraction of sp³-hybridized carbons (Fsp3) is 0.538. The molecule has 0 saturated carbocycles. The lowest BCUT2D eigenvalue weighted by Crippen LogP contribution is -2.15. The second-order valence-electron chi connectivity index (χ2n) is 4.38. The molecule has 1 unspecified atom stereocenters. The molecule has 0 aliphatic carbocycles. The van der Waals surface area contributed by atoms with E-state index >= 15 is 0 Å². The molecule has 1 aromatic carbocycles. The van der Waals surface area contributed by atoms with E-state index in [1.54, 1.807) is 0 Å². The first-order valence-electron chi connectivity index (χ1n) is 5.69. The summed E-state index contributed by atoms with van der Waals surface area (Å²) in [6.45, 7) is 3.03. The Labute approximate surface area is 96.4 Å². The number of nitrogens with two attached hydrogens (primary N) is 1. The van der Waals surface area contributed by atoms with Gasteiger partial charge in [0, 0.05) is 17.4 Å². The van der Waals surface area contributed by atoms with Crippen LogP contribution in [0.3, 0.4) is 0 Å². The van der Waals surface area contributed by atoms with Crippen LogP contribution >= 0.6 is 11.8 Å². The van der Waals surface area contributed by atoms with E-state index in [4.69, 9.17) is 5.73 Å². The van der Waals surface area contributed by atoms with Crippen molar-refractivity contribution in [1.82, 2.24) is 0 Å². The molecule has 2 heteroatoms. The molecule has 0 spiro atoms. The standard InChI is InChI=1S/C13H19NS/c1-10(6-7-14)11-2-4-12(5-3-11)13-8-15-9-13/h2-5,10,13H,6-9,14H2,1H3. The zero-order chi connectivity index (χ0) is 10.7. The molecule has 0 radical (unpaired) electrons. The Morgan fingerprint density at radius 2 is 2.00 bits per heavy atom. The second-order valence-corrected chi connectivity index (χ2v) is 5.45. The van der Waals surface area contributed by atoms with Crippen LogP contribution < -0.4 is 5.73 Å². The molecule has 82 valence electrons. The lowest BCUT2D eigenvalue weighted by Gasteiger charge is -2.25. The van der Waals surface area contributed by atoms with Gasteiger partial charge in [0.1, 0.15) is 0 Å². The number of hydrogen-bond donors (Lipinski definition) is 1. The zero-order valence-corrected chi connectivity index (χ0v) is 10.1. The van der Waals surface area contributed by atoms with E-state index in [-0.39, 0.29) is 0 Å². The average molecular weight is 221 g/mol. The molecule has 1 saturated heterocycles. The van der Waals surface area contributed by atoms with Crippen LogP contribution in [0.2, 0.25) is 0 Å². The van der Waals surface area contributed by atoms with Crippen LogP contribution in [0, 0.1) is 0 Å². The topological polar surface area (TPSA) is 26.0 Å². The fourth-order valence-corrected chi connectivity index (χ4v) is 2.80. The Kier molecular flexibility index (Phi) is 3.71. The summed E-state index contributed by atoms with van der Waals surface area (Å²) in [5.41, 5.74) is 8.51. The van der Waals surface area contributed by atoms with Crippen LogP contribution in [0.15, 0.2) is 24.3 Å². The van der Waals surface area contributed by atoms with Crippen molar-refractivity contribution < 1.29 is 0 Å². The first-order chi connectivity index (χ1) is 7.31. The molecule has 1 fully saturated rings. The van der Waals surface area contributed by atoms with Crippen molar-refractivity contribution in [3.05, 3.63) is 35.4 Å². The smallest absolute Gasteiger partial charge is 0.00198 e. The average Bonchev–Trinajstić information content (AvgIpc) is 2.16. The molecule has 1 heterocycles. The number of thioether (sulfide) groups is 1. The van der Waals surface area contributed by atoms with E-state index in [9.17, 15) is 0 Å². The number of rotatable bonds is 4. The fourth-order valence-electron chi connectivity index (χ4n) is 1.94. The van der Waals surface area contributed by atoms with Gasteiger partial charge in [-0.25, -0.2) is 0 Å². The Hall–Kier alpha value is -0.470. The van der Waals surface area contributed by atoms with Gasteiger partial charge in [-0.05, 0) is 30.0 Å². The molecule has 1 aliphatic rings. The molecule has 2 rings (SSSR count). The normalized spacial score (nSPS) is 18.5. The van der Waals surface area contributed by atoms with Gasteiger partial charge in [0.2, 0.25) is 0 Å². The molecule has 1 nitrogen and oxygen atoms in total. The largest absolute Gasteiger partial charge is 0.330 e. The third-order valence-electron chi connectivity index (χ3n) is 3.21. The van der Waals surface area contributed by atoms with Crippen molar-refractivity contribution in [2.24, 2.45) is 5.73 Å². The molecule has 0 aromatic heterocycles. The van der Waals surface area contributed by atoms with E-state index in [2.05, 4.69) is 31.2 Å². The van der Waals surface area contributed by atoms with E-state index in [1.165, 1.54) is 22.6 Å². The third-order valence-corrected chi connectivity index (χ3v) is 4.49. The van der Waals surface area contributed by atoms with E-state index < -0.39 is 0 Å². The van der Waals surface area contributed by atoms with Gasteiger partial charge in [0.15, 0.2) is 0 Å². The summed E-state index contributed by atoms with van der Waals surface area (Å²) in [5.74, 6) is 4.02. The van der Waals surface area contributed by atoms with Crippen molar-refractivity contribution in [3.8, 4) is 0 Å². The van der Waals surface area contributed by atoms with Gasteiger partial charge >= 0.3 is 0 Å². The molecule has 2 N–H and O–H groups in total. The predicted molar refractivity (Wildman–Crippen MR) is 68.6 cm³/mol. The maximum atomic E-state index is 5.57. The van der Waals surface area contributed by atoms with Gasteiger partial charge in [-0.2, -0.15) is 11.8 Å². The summed E-state index contributed by atoms with van der Waals surface area (Å²) < 4.78 is 0. The van der Waals surface area contributed by atoms with Crippen LogP contribution in [0.5, 0.6) is 0 Å². The molecular formula is C13H19NS. The molecule has 0 bridgehead atoms. The molecule has 1 aromatic rings. The van der Waals surface area contributed by atoms with Crippen LogP contribution in [0.1, 0.15) is 36.3 Å². The first-order valence-corrected chi connectivity index (χ1v) is 6.84. The summed E-state index contributed by atoms with van der Waals surface area (Å²) in [5, 5.41) is 0. The van der Waals surface area contributed by atoms with Crippen molar-refractivity contribution >= 4 is 11.8 Å². The van der Waals surface area contributed by atoms with Gasteiger partial charge < -0.3 is 5.73 Å². The van der Waals surface area contributed by atoms with Gasteiger partial charge in [-0.1, -0.05) is 31.2 Å². The highest BCUT2D eigenvalue weighted by atomic mass is 32.2. The monoisotopic (exact) mass is 221 g/mol. The van der Waals surface area contributed by atoms with Gasteiger partial charge in [-0.15, -0.1) is 0 Å². The molecule has 1 atom stereocenters. The first kappa shape index (κ1) is 11.0. The predicted octanol–water partition coefficient (Wildman–Crippen LogP) is 2.97. The number of hydrogen-bond acceptors (Lipinski definition) is 2. The highest BCUT2D eigenvalue weighted by Crippen LogP contribution is 2.34. The number of benzene rings is 1. The summed E-state index contributed by atoms with van der Waals surface area (Å²) in [7, 11) is 0. The Balaban J connectivity index is 2.02. The maximum Gasteiger partial charge on any atom is 0.00198 e. The maximum absolute atomic E-state index is 5.57. The Morgan fingerprint density at radius 3 is 2.47 bits per heavy atom. The molecule has 15 heavy (non-hydrogen) atoms. The van der Waals surface area contributed by atoms with E-state index in [0.717, 1.165) is 18.9 Å². The Morgan fingerprint density at radius 1 is 1.33 bits per heavy atom. The van der Waals surface area contributed by atoms with Gasteiger partial charge in [0.05, 0.1) is 0 Å². The molecule has 0 amide bonds. The summed E-state index contributed by atoms with van der Waals surface area (Å²) in [6, 6.07) is 9.15. The van der Waals surface area contributed by atoms with Crippen LogP contribution in [0.4, 0.5) is 0 Å². The minimum Gasteiger partial charge on any atom is -0.330 e. The zero-order valence-electron chi connectivity index (χ0n) is 9.28. The highest BCUT2D eigenvalue weighted by Gasteiger charge is 2.19. The van der Waals surface area contributed by atoms with Crippen LogP contribution in [-0.2, 0) is 0 Å². The third kappa shape index (κ3) is 2.56. The summed E-state index contributed by atoms with van der Waals surface area (Å²) in [6.07, 6.45) is 1.08. The van der Waals surface area contributed by atoms with Crippen molar-refractivity contribution in [3.63, 3.8) is 0 Å². The summed E-state index contributed by atoms with van der Waals surface area (Å²) in [4.78, 5) is 0. The van der Waals surface area contributed by atoms with Gasteiger partial charge in [0.25, 0.3) is 0 Å². The lowest BCUT2D eigenvalue weighted by molar-refractivity contribution is 0.689. The molecule has 1 aliphatic heterocycles. The van der Waals surface area contributed by atoms with E-state index in [1.807, 2.05) is 11.8 Å². The van der Waals surface area contributed by atoms with Gasteiger partial charge in [-0.3, -0.25) is 0 Å². The van der Waals surface area contributed by atoms with Crippen LogP contribution in [-0.4, -0.2) is 18.1 Å². The minimum absolute atomic E-state index is 0.597. The quantitative estimate of drug-likeness (QED) is 0.846. The lowest BCUT2D eigenvalue weighted by atomic mass is 9.94. The van der Waals surface area contributed by atoms with Crippen molar-refractivity contribution in [2.75, 3.05) is 18.1 Å². The minimum atomic E-state index is 0.597. The van der Waals surface area contributed by atoms with E-state index in [0.29, 0.717) is 5.92 Å². The van der Waals surface area contributed by atoms with Crippen LogP contribution in [0.25, 0.3) is 0 Å². The highest BCUT2D eigenvalue weighted by molar-refractivity contribution is 8.00. The Bertz CT molecular complexity index is 303. The SMILES string of the molecule is CC(CCN)c1ccc(C2CSC2)cc1. The summed E-state index contributed by atoms with van der Waals surface area (Å²) >= 11 is 2.04. The second kappa shape index (κ2) is 5.04. The molecular weight excluding hydrogens is 202 g/mol. The van der Waals surface area contributed by atoms with Crippen molar-refractivity contribution in [1.29, 1.82) is 0 Å². The van der Waals surface area contributed by atoms with Crippen molar-refractivity contribution in [2.45, 2.75) is 25.2 Å².